The minimum Gasteiger partial charge on any atom is -0.384 e. The number of anilines is 1. The Balaban J connectivity index is 2.09. The van der Waals surface area contributed by atoms with Crippen LogP contribution < -0.4 is 16.5 Å². The van der Waals surface area contributed by atoms with Gasteiger partial charge in [-0.25, -0.2) is 0 Å². The van der Waals surface area contributed by atoms with Crippen LogP contribution in [0.2, 0.25) is 5.02 Å². The highest BCUT2D eigenvalue weighted by molar-refractivity contribution is 7.24. The van der Waals surface area contributed by atoms with Gasteiger partial charge in [-0.15, -0.1) is 11.3 Å². The van der Waals surface area contributed by atoms with Crippen LogP contribution in [0.5, 0.6) is 0 Å². The molecule has 4 aromatic rings. The molecule has 126 valence electrons. The van der Waals surface area contributed by atoms with E-state index in [-0.39, 0.29) is 5.43 Å². The lowest BCUT2D eigenvalue weighted by Gasteiger charge is -2.11. The van der Waals surface area contributed by atoms with Gasteiger partial charge in [0.2, 0.25) is 0 Å². The second-order valence-electron chi connectivity index (χ2n) is 5.84. The van der Waals surface area contributed by atoms with Crippen LogP contribution in [0.3, 0.4) is 0 Å². The van der Waals surface area contributed by atoms with Crippen LogP contribution in [0, 0.1) is 0 Å². The number of rotatable bonds is 4. The molecule has 0 amide bonds. The predicted octanol–water partition coefficient (Wildman–Crippen LogP) is 4.38. The van der Waals surface area contributed by atoms with E-state index in [4.69, 9.17) is 17.3 Å². The molecule has 0 unspecified atom stereocenters. The lowest BCUT2D eigenvalue weighted by Crippen LogP contribution is -2.09. The Bertz CT molecular complexity index is 1160. The number of halogens is 1. The summed E-state index contributed by atoms with van der Waals surface area (Å²) in [7, 11) is 0. The first-order chi connectivity index (χ1) is 12.2. The number of nitrogens with two attached hydrogens (primary N) is 1. The largest absolute Gasteiger partial charge is 0.384 e. The number of hydrogen-bond donors (Lipinski definition) is 2. The highest BCUT2D eigenvalue weighted by Gasteiger charge is 2.13. The Morgan fingerprint density at radius 3 is 2.88 bits per heavy atom. The van der Waals surface area contributed by atoms with Gasteiger partial charge in [0.15, 0.2) is 5.43 Å². The van der Waals surface area contributed by atoms with E-state index in [1.807, 2.05) is 24.3 Å². The van der Waals surface area contributed by atoms with Crippen LogP contribution in [0.15, 0.2) is 47.4 Å². The van der Waals surface area contributed by atoms with Crippen molar-refractivity contribution >= 4 is 59.7 Å². The zero-order valence-corrected chi connectivity index (χ0v) is 15.0. The number of hydrogen-bond acceptors (Lipinski definition) is 5. The van der Waals surface area contributed by atoms with Gasteiger partial charge in [-0.05, 0) is 43.3 Å². The van der Waals surface area contributed by atoms with Crippen LogP contribution in [-0.2, 0) is 0 Å². The van der Waals surface area contributed by atoms with Gasteiger partial charge in [-0.2, -0.15) is 0 Å². The SMILES string of the molecule is NCCCNc1cccc2ncc3sc4ccc(Cl)cc4c(=O)c3c12. The summed E-state index contributed by atoms with van der Waals surface area (Å²) in [6.45, 7) is 1.37. The molecule has 4 rings (SSSR count). The van der Waals surface area contributed by atoms with E-state index in [2.05, 4.69) is 10.3 Å². The fourth-order valence-electron chi connectivity index (χ4n) is 3.02. The van der Waals surface area contributed by atoms with E-state index >= 15 is 0 Å². The number of nitrogens with zero attached hydrogens (tertiary/aromatic N) is 1. The van der Waals surface area contributed by atoms with E-state index in [0.29, 0.717) is 22.3 Å². The summed E-state index contributed by atoms with van der Waals surface area (Å²) in [6.07, 6.45) is 2.64. The molecule has 4 nitrogen and oxygen atoms in total. The second-order valence-corrected chi connectivity index (χ2v) is 7.36. The monoisotopic (exact) mass is 369 g/mol. The van der Waals surface area contributed by atoms with Gasteiger partial charge < -0.3 is 11.1 Å². The number of aromatic nitrogens is 1. The maximum atomic E-state index is 13.2. The number of pyridine rings is 1. The standard InChI is InChI=1S/C19H16ClN3OS/c20-11-5-6-15-12(9-11)19(24)18-16(25-15)10-23-14-4-1-3-13(17(14)18)22-8-2-7-21/h1,3-6,9-10,22H,2,7-8,21H2. The summed E-state index contributed by atoms with van der Waals surface area (Å²) in [6, 6.07) is 11.3. The maximum absolute atomic E-state index is 13.2. The third kappa shape index (κ3) is 2.84. The molecule has 2 heterocycles. The highest BCUT2D eigenvalue weighted by atomic mass is 35.5. The van der Waals surface area contributed by atoms with Crippen molar-refractivity contribution in [3.8, 4) is 0 Å². The third-order valence-electron chi connectivity index (χ3n) is 4.19. The first-order valence-electron chi connectivity index (χ1n) is 8.07. The minimum absolute atomic E-state index is 0.00766. The van der Waals surface area contributed by atoms with Crippen molar-refractivity contribution in [1.29, 1.82) is 0 Å². The van der Waals surface area contributed by atoms with Crippen molar-refractivity contribution in [2.45, 2.75) is 6.42 Å². The molecule has 0 aliphatic rings. The van der Waals surface area contributed by atoms with E-state index in [1.165, 1.54) is 0 Å². The molecule has 0 bridgehead atoms. The maximum Gasteiger partial charge on any atom is 0.196 e. The molecule has 0 fully saturated rings. The normalized spacial score (nSPS) is 11.4. The zero-order chi connectivity index (χ0) is 17.4. The second kappa shape index (κ2) is 6.59. The summed E-state index contributed by atoms with van der Waals surface area (Å²) >= 11 is 7.66. The van der Waals surface area contributed by atoms with Crippen LogP contribution in [0.1, 0.15) is 6.42 Å². The predicted molar refractivity (Wildman–Crippen MR) is 108 cm³/mol. The fraction of sp³-hybridized carbons (Fsp3) is 0.158. The quantitative estimate of drug-likeness (QED) is 0.318. The average Bonchev–Trinajstić information content (AvgIpc) is 2.62. The molecule has 0 atom stereocenters. The van der Waals surface area contributed by atoms with Crippen molar-refractivity contribution in [3.05, 3.63) is 57.8 Å². The molecule has 0 radical (unpaired) electrons. The smallest absolute Gasteiger partial charge is 0.196 e. The Hall–Kier alpha value is -2.21. The fourth-order valence-corrected chi connectivity index (χ4v) is 4.23. The Morgan fingerprint density at radius 2 is 2.04 bits per heavy atom. The van der Waals surface area contributed by atoms with Crippen molar-refractivity contribution in [3.63, 3.8) is 0 Å². The molecular formula is C19H16ClN3OS. The van der Waals surface area contributed by atoms with Gasteiger partial charge in [0.25, 0.3) is 0 Å². The van der Waals surface area contributed by atoms with Crippen LogP contribution >= 0.6 is 22.9 Å². The van der Waals surface area contributed by atoms with Gasteiger partial charge in [-0.3, -0.25) is 9.78 Å². The highest BCUT2D eigenvalue weighted by Crippen LogP contribution is 2.33. The van der Waals surface area contributed by atoms with Crippen molar-refractivity contribution in [2.75, 3.05) is 18.4 Å². The molecule has 0 aliphatic heterocycles. The number of benzene rings is 2. The van der Waals surface area contributed by atoms with Gasteiger partial charge >= 0.3 is 0 Å². The van der Waals surface area contributed by atoms with E-state index < -0.39 is 0 Å². The van der Waals surface area contributed by atoms with Crippen LogP contribution in [0.4, 0.5) is 5.69 Å². The molecule has 2 aromatic heterocycles. The lowest BCUT2D eigenvalue weighted by atomic mass is 10.1. The molecular weight excluding hydrogens is 354 g/mol. The van der Waals surface area contributed by atoms with E-state index in [9.17, 15) is 4.79 Å². The van der Waals surface area contributed by atoms with Gasteiger partial charge in [0.1, 0.15) is 0 Å². The summed E-state index contributed by atoms with van der Waals surface area (Å²) < 4.78 is 1.79. The Morgan fingerprint density at radius 1 is 1.16 bits per heavy atom. The van der Waals surface area contributed by atoms with E-state index in [1.54, 1.807) is 29.7 Å². The first-order valence-corrected chi connectivity index (χ1v) is 9.26. The van der Waals surface area contributed by atoms with Crippen molar-refractivity contribution < 1.29 is 0 Å². The Kier molecular flexibility index (Phi) is 4.29. The van der Waals surface area contributed by atoms with Crippen molar-refractivity contribution in [2.24, 2.45) is 5.73 Å². The van der Waals surface area contributed by atoms with Gasteiger partial charge in [-0.1, -0.05) is 17.7 Å². The molecule has 0 aliphatic carbocycles. The lowest BCUT2D eigenvalue weighted by molar-refractivity contribution is 0.875. The molecule has 3 N–H and O–H groups in total. The average molecular weight is 370 g/mol. The van der Waals surface area contributed by atoms with Gasteiger partial charge in [0, 0.05) is 38.9 Å². The molecule has 0 saturated heterocycles. The van der Waals surface area contributed by atoms with Crippen molar-refractivity contribution in [1.82, 2.24) is 4.98 Å². The number of nitrogens with one attached hydrogen (secondary N) is 1. The summed E-state index contributed by atoms with van der Waals surface area (Å²) in [5, 5.41) is 6.16. The van der Waals surface area contributed by atoms with Crippen LogP contribution in [-0.4, -0.2) is 18.1 Å². The molecule has 6 heteroatoms. The summed E-state index contributed by atoms with van der Waals surface area (Å²) in [4.78, 5) is 17.8. The van der Waals surface area contributed by atoms with Gasteiger partial charge in [0.05, 0.1) is 15.6 Å². The molecule has 0 saturated carbocycles. The first kappa shape index (κ1) is 16.3. The molecule has 25 heavy (non-hydrogen) atoms. The Labute approximate surface area is 153 Å². The third-order valence-corrected chi connectivity index (χ3v) is 5.53. The minimum atomic E-state index is -0.00766. The molecule has 2 aromatic carbocycles. The zero-order valence-electron chi connectivity index (χ0n) is 13.4. The van der Waals surface area contributed by atoms with E-state index in [0.717, 1.165) is 39.0 Å². The number of fused-ring (bicyclic) bond motifs is 4. The topological polar surface area (TPSA) is 68.0 Å². The molecule has 0 spiro atoms. The summed E-state index contributed by atoms with van der Waals surface area (Å²) in [5.74, 6) is 0. The summed E-state index contributed by atoms with van der Waals surface area (Å²) in [5.41, 5.74) is 7.29. The van der Waals surface area contributed by atoms with Crippen LogP contribution in [0.25, 0.3) is 31.1 Å².